The Labute approximate surface area is 112 Å². The fourth-order valence-corrected chi connectivity index (χ4v) is 1.97. The Balaban J connectivity index is 1.98. The molecule has 5 heteroatoms. The summed E-state index contributed by atoms with van der Waals surface area (Å²) in [5.41, 5.74) is 7.67. The third-order valence-electron chi connectivity index (χ3n) is 2.92. The van der Waals surface area contributed by atoms with Gasteiger partial charge in [-0.25, -0.2) is 4.79 Å². The van der Waals surface area contributed by atoms with Gasteiger partial charge in [0.2, 0.25) is 0 Å². The number of nitrogen functional groups attached to an aromatic ring is 1. The molecule has 0 aliphatic rings. The summed E-state index contributed by atoms with van der Waals surface area (Å²) in [6.07, 6.45) is 3.30. The van der Waals surface area contributed by atoms with Crippen molar-refractivity contribution in [3.8, 4) is 0 Å². The van der Waals surface area contributed by atoms with Crippen molar-refractivity contribution in [2.45, 2.75) is 19.4 Å². The van der Waals surface area contributed by atoms with E-state index in [0.717, 1.165) is 12.8 Å². The zero-order valence-electron chi connectivity index (χ0n) is 10.9. The van der Waals surface area contributed by atoms with Crippen molar-refractivity contribution in [1.82, 2.24) is 9.78 Å². The molecule has 2 N–H and O–H groups in total. The van der Waals surface area contributed by atoms with E-state index < -0.39 is 5.97 Å². The van der Waals surface area contributed by atoms with E-state index in [0.29, 0.717) is 17.9 Å². The largest absolute Gasteiger partial charge is 0.464 e. The number of ether oxygens (including phenoxy) is 1. The molecule has 2 aromatic rings. The SMILES string of the molecule is COC(=O)c1c(N)cnn1CCCc1ccccc1. The molecule has 0 aliphatic heterocycles. The van der Waals surface area contributed by atoms with Gasteiger partial charge in [0.05, 0.1) is 19.0 Å². The summed E-state index contributed by atoms with van der Waals surface area (Å²) < 4.78 is 6.30. The molecule has 0 amide bonds. The summed E-state index contributed by atoms with van der Waals surface area (Å²) in [4.78, 5) is 11.6. The molecule has 0 saturated heterocycles. The van der Waals surface area contributed by atoms with E-state index in [1.54, 1.807) is 4.68 Å². The Morgan fingerprint density at radius 1 is 1.37 bits per heavy atom. The second kappa shape index (κ2) is 6.04. The zero-order valence-corrected chi connectivity index (χ0v) is 10.9. The lowest BCUT2D eigenvalue weighted by atomic mass is 10.1. The van der Waals surface area contributed by atoms with Gasteiger partial charge >= 0.3 is 5.97 Å². The lowest BCUT2D eigenvalue weighted by Gasteiger charge is -2.06. The number of esters is 1. The average Bonchev–Trinajstić information content (AvgIpc) is 2.80. The fraction of sp³-hybridized carbons (Fsp3) is 0.286. The van der Waals surface area contributed by atoms with Gasteiger partial charge < -0.3 is 10.5 Å². The number of nitrogens with two attached hydrogens (primary N) is 1. The van der Waals surface area contributed by atoms with Crippen LogP contribution >= 0.6 is 0 Å². The predicted octanol–water partition coefficient (Wildman–Crippen LogP) is 1.88. The van der Waals surface area contributed by atoms with Crippen LogP contribution in [0.5, 0.6) is 0 Å². The highest BCUT2D eigenvalue weighted by Crippen LogP contribution is 2.13. The summed E-state index contributed by atoms with van der Waals surface area (Å²) in [7, 11) is 1.34. The van der Waals surface area contributed by atoms with Crippen molar-refractivity contribution in [3.63, 3.8) is 0 Å². The molecule has 0 unspecified atom stereocenters. The Kier molecular flexibility index (Phi) is 4.18. The average molecular weight is 259 g/mol. The first kappa shape index (κ1) is 13.1. The smallest absolute Gasteiger partial charge is 0.358 e. The summed E-state index contributed by atoms with van der Waals surface area (Å²) in [6, 6.07) is 10.2. The maximum atomic E-state index is 11.6. The number of carbonyl (C=O) groups is 1. The molecule has 1 aromatic carbocycles. The standard InChI is InChI=1S/C14H17N3O2/c1-19-14(18)13-12(15)10-16-17(13)9-5-8-11-6-3-2-4-7-11/h2-4,6-7,10H,5,8-9,15H2,1H3. The van der Waals surface area contributed by atoms with E-state index in [1.165, 1.54) is 18.9 Å². The van der Waals surface area contributed by atoms with E-state index in [2.05, 4.69) is 17.2 Å². The minimum atomic E-state index is -0.449. The molecule has 0 spiro atoms. The number of methoxy groups -OCH3 is 1. The third kappa shape index (κ3) is 3.13. The van der Waals surface area contributed by atoms with Crippen molar-refractivity contribution in [2.75, 3.05) is 12.8 Å². The van der Waals surface area contributed by atoms with E-state index >= 15 is 0 Å². The lowest BCUT2D eigenvalue weighted by molar-refractivity contribution is 0.0587. The van der Waals surface area contributed by atoms with Gasteiger partial charge in [-0.05, 0) is 18.4 Å². The molecule has 1 aromatic heterocycles. The van der Waals surface area contributed by atoms with Crippen LogP contribution in [0.4, 0.5) is 5.69 Å². The minimum absolute atomic E-state index is 0.329. The van der Waals surface area contributed by atoms with Crippen LogP contribution < -0.4 is 5.73 Å². The summed E-state index contributed by atoms with van der Waals surface area (Å²) in [5.74, 6) is -0.449. The number of aryl methyl sites for hydroxylation is 2. The highest BCUT2D eigenvalue weighted by Gasteiger charge is 2.16. The van der Waals surface area contributed by atoms with Crippen LogP contribution in [0, 0.1) is 0 Å². The lowest BCUT2D eigenvalue weighted by Crippen LogP contribution is -2.14. The first-order valence-corrected chi connectivity index (χ1v) is 6.16. The molecule has 19 heavy (non-hydrogen) atoms. The number of hydrogen-bond donors (Lipinski definition) is 1. The number of nitrogens with zero attached hydrogens (tertiary/aromatic N) is 2. The minimum Gasteiger partial charge on any atom is -0.464 e. The van der Waals surface area contributed by atoms with Crippen LogP contribution in [-0.2, 0) is 17.7 Å². The van der Waals surface area contributed by atoms with Crippen LogP contribution in [0.2, 0.25) is 0 Å². The monoisotopic (exact) mass is 259 g/mol. The Morgan fingerprint density at radius 2 is 2.11 bits per heavy atom. The molecule has 0 radical (unpaired) electrons. The molecule has 5 nitrogen and oxygen atoms in total. The van der Waals surface area contributed by atoms with Gasteiger partial charge in [-0.15, -0.1) is 0 Å². The van der Waals surface area contributed by atoms with Gasteiger partial charge in [0.25, 0.3) is 0 Å². The summed E-state index contributed by atoms with van der Waals surface area (Å²) in [5, 5.41) is 4.11. The van der Waals surface area contributed by atoms with Gasteiger partial charge in [-0.2, -0.15) is 5.10 Å². The van der Waals surface area contributed by atoms with Gasteiger partial charge in [0, 0.05) is 6.54 Å². The van der Waals surface area contributed by atoms with Crippen molar-refractivity contribution in [3.05, 3.63) is 47.8 Å². The van der Waals surface area contributed by atoms with Crippen LogP contribution in [0.15, 0.2) is 36.5 Å². The predicted molar refractivity (Wildman–Crippen MR) is 72.7 cm³/mol. The molecular weight excluding hydrogens is 242 g/mol. The number of hydrogen-bond acceptors (Lipinski definition) is 4. The summed E-state index contributed by atoms with van der Waals surface area (Å²) >= 11 is 0. The number of carbonyl (C=O) groups excluding carboxylic acids is 1. The summed E-state index contributed by atoms with van der Waals surface area (Å²) in [6.45, 7) is 0.635. The van der Waals surface area contributed by atoms with Crippen molar-refractivity contribution >= 4 is 11.7 Å². The van der Waals surface area contributed by atoms with Crippen LogP contribution in [-0.4, -0.2) is 22.9 Å². The topological polar surface area (TPSA) is 70.1 Å². The normalized spacial score (nSPS) is 10.4. The highest BCUT2D eigenvalue weighted by atomic mass is 16.5. The van der Waals surface area contributed by atoms with Crippen molar-refractivity contribution < 1.29 is 9.53 Å². The van der Waals surface area contributed by atoms with Crippen LogP contribution in [0.1, 0.15) is 22.5 Å². The molecule has 0 aliphatic carbocycles. The van der Waals surface area contributed by atoms with Gasteiger partial charge in [0.1, 0.15) is 0 Å². The maximum Gasteiger partial charge on any atom is 0.358 e. The molecule has 1 heterocycles. The maximum absolute atomic E-state index is 11.6. The Bertz CT molecular complexity index is 549. The third-order valence-corrected chi connectivity index (χ3v) is 2.92. The van der Waals surface area contributed by atoms with Crippen molar-refractivity contribution in [1.29, 1.82) is 0 Å². The zero-order chi connectivity index (χ0) is 13.7. The van der Waals surface area contributed by atoms with Gasteiger partial charge in [-0.1, -0.05) is 30.3 Å². The molecular formula is C14H17N3O2. The highest BCUT2D eigenvalue weighted by molar-refractivity contribution is 5.92. The molecule has 0 atom stereocenters. The Morgan fingerprint density at radius 3 is 2.79 bits per heavy atom. The molecule has 0 saturated carbocycles. The number of rotatable bonds is 5. The van der Waals surface area contributed by atoms with Crippen LogP contribution in [0.3, 0.4) is 0 Å². The van der Waals surface area contributed by atoms with Crippen molar-refractivity contribution in [2.24, 2.45) is 0 Å². The fourth-order valence-electron chi connectivity index (χ4n) is 1.97. The van der Waals surface area contributed by atoms with E-state index in [1.807, 2.05) is 18.2 Å². The first-order chi connectivity index (χ1) is 9.22. The van der Waals surface area contributed by atoms with E-state index in [9.17, 15) is 4.79 Å². The number of benzene rings is 1. The Hall–Kier alpha value is -2.30. The molecule has 0 bridgehead atoms. The van der Waals surface area contributed by atoms with Gasteiger partial charge in [-0.3, -0.25) is 4.68 Å². The van der Waals surface area contributed by atoms with Gasteiger partial charge in [0.15, 0.2) is 5.69 Å². The molecule has 100 valence electrons. The first-order valence-electron chi connectivity index (χ1n) is 6.16. The van der Waals surface area contributed by atoms with Crippen LogP contribution in [0.25, 0.3) is 0 Å². The number of aromatic nitrogens is 2. The quantitative estimate of drug-likeness (QED) is 0.832. The molecule has 0 fully saturated rings. The van der Waals surface area contributed by atoms with E-state index in [-0.39, 0.29) is 0 Å². The molecule has 2 rings (SSSR count). The second-order valence-corrected chi connectivity index (χ2v) is 4.25. The second-order valence-electron chi connectivity index (χ2n) is 4.25. The number of anilines is 1. The van der Waals surface area contributed by atoms with E-state index in [4.69, 9.17) is 10.5 Å².